The molecule has 4 nitrogen and oxygen atoms in total. The van der Waals surface area contributed by atoms with Gasteiger partial charge >= 0.3 is 0 Å². The first-order valence-electron chi connectivity index (χ1n) is 6.16. The van der Waals surface area contributed by atoms with Gasteiger partial charge in [-0.3, -0.25) is 4.79 Å². The molecule has 0 saturated carbocycles. The topological polar surface area (TPSA) is 50.4 Å². The van der Waals surface area contributed by atoms with Crippen LogP contribution in [-0.2, 0) is 16.0 Å². The van der Waals surface area contributed by atoms with E-state index in [0.29, 0.717) is 6.42 Å². The van der Waals surface area contributed by atoms with E-state index in [-0.39, 0.29) is 18.1 Å². The smallest absolute Gasteiger partial charge is 0.224 e. The van der Waals surface area contributed by atoms with Crippen LogP contribution in [0.4, 0.5) is 5.69 Å². The SMILES string of the molecule is CNC(=O)Cc1ccccc1NC(C)C(C)OC. The zero-order chi connectivity index (χ0) is 13.5. The Kier molecular flexibility index (Phi) is 5.65. The first kappa shape index (κ1) is 14.5. The van der Waals surface area contributed by atoms with Crippen molar-refractivity contribution in [3.05, 3.63) is 29.8 Å². The molecule has 2 N–H and O–H groups in total. The first-order chi connectivity index (χ1) is 8.58. The molecule has 0 bridgehead atoms. The number of methoxy groups -OCH3 is 1. The summed E-state index contributed by atoms with van der Waals surface area (Å²) in [6.45, 7) is 4.07. The van der Waals surface area contributed by atoms with Crippen LogP contribution < -0.4 is 10.6 Å². The number of para-hydroxylation sites is 1. The largest absolute Gasteiger partial charge is 0.380 e. The predicted molar refractivity (Wildman–Crippen MR) is 73.8 cm³/mol. The molecule has 0 spiro atoms. The number of hydrogen-bond acceptors (Lipinski definition) is 3. The normalized spacial score (nSPS) is 13.8. The third-order valence-electron chi connectivity index (χ3n) is 3.11. The number of likely N-dealkylation sites (N-methyl/N-ethyl adjacent to an activating group) is 1. The van der Waals surface area contributed by atoms with Crippen molar-refractivity contribution in [1.29, 1.82) is 0 Å². The molecule has 0 heterocycles. The molecule has 1 aromatic rings. The third kappa shape index (κ3) is 4.04. The summed E-state index contributed by atoms with van der Waals surface area (Å²) >= 11 is 0. The predicted octanol–water partition coefficient (Wildman–Crippen LogP) is 1.81. The number of rotatable bonds is 6. The Balaban J connectivity index is 2.78. The Bertz CT molecular complexity index is 393. The average molecular weight is 250 g/mol. The number of hydrogen-bond donors (Lipinski definition) is 2. The van der Waals surface area contributed by atoms with Gasteiger partial charge in [0.25, 0.3) is 0 Å². The van der Waals surface area contributed by atoms with Gasteiger partial charge in [0.1, 0.15) is 0 Å². The van der Waals surface area contributed by atoms with E-state index in [1.165, 1.54) is 0 Å². The second kappa shape index (κ2) is 7.01. The van der Waals surface area contributed by atoms with E-state index < -0.39 is 0 Å². The van der Waals surface area contributed by atoms with E-state index in [1.807, 2.05) is 31.2 Å². The second-order valence-electron chi connectivity index (χ2n) is 4.38. The van der Waals surface area contributed by atoms with Gasteiger partial charge in [-0.25, -0.2) is 0 Å². The fraction of sp³-hybridized carbons (Fsp3) is 0.500. The number of anilines is 1. The fourth-order valence-electron chi connectivity index (χ4n) is 1.64. The quantitative estimate of drug-likeness (QED) is 0.809. The van der Waals surface area contributed by atoms with E-state index in [4.69, 9.17) is 4.74 Å². The third-order valence-corrected chi connectivity index (χ3v) is 3.11. The Morgan fingerprint density at radius 3 is 2.61 bits per heavy atom. The maximum atomic E-state index is 11.4. The molecule has 0 aromatic heterocycles. The lowest BCUT2D eigenvalue weighted by Crippen LogP contribution is -2.30. The summed E-state index contributed by atoms with van der Waals surface area (Å²) in [5, 5.41) is 6.02. The van der Waals surface area contributed by atoms with Gasteiger partial charge in [0.05, 0.1) is 12.5 Å². The molecule has 1 amide bonds. The standard InChI is InChI=1S/C14H22N2O2/c1-10(11(2)18-4)16-13-8-6-5-7-12(13)9-14(17)15-3/h5-8,10-11,16H,9H2,1-4H3,(H,15,17). The number of benzene rings is 1. The van der Waals surface area contributed by atoms with E-state index >= 15 is 0 Å². The van der Waals surface area contributed by atoms with Crippen LogP contribution in [0.3, 0.4) is 0 Å². The molecule has 2 unspecified atom stereocenters. The summed E-state index contributed by atoms with van der Waals surface area (Å²) < 4.78 is 5.28. The molecule has 100 valence electrons. The molecule has 0 aliphatic heterocycles. The van der Waals surface area contributed by atoms with Crippen molar-refractivity contribution < 1.29 is 9.53 Å². The first-order valence-corrected chi connectivity index (χ1v) is 6.16. The number of carbonyl (C=O) groups is 1. The van der Waals surface area contributed by atoms with Crippen LogP contribution in [0.1, 0.15) is 19.4 Å². The van der Waals surface area contributed by atoms with E-state index in [0.717, 1.165) is 11.3 Å². The number of carbonyl (C=O) groups excluding carboxylic acids is 1. The molecular formula is C14H22N2O2. The van der Waals surface area contributed by atoms with Crippen molar-refractivity contribution in [2.45, 2.75) is 32.4 Å². The van der Waals surface area contributed by atoms with Gasteiger partial charge in [-0.2, -0.15) is 0 Å². The number of ether oxygens (including phenoxy) is 1. The van der Waals surface area contributed by atoms with E-state index in [9.17, 15) is 4.79 Å². The van der Waals surface area contributed by atoms with Crippen LogP contribution in [0.5, 0.6) is 0 Å². The highest BCUT2D eigenvalue weighted by Crippen LogP contribution is 2.18. The Morgan fingerprint density at radius 1 is 1.33 bits per heavy atom. The molecule has 1 rings (SSSR count). The van der Waals surface area contributed by atoms with Gasteiger partial charge in [0.15, 0.2) is 0 Å². The van der Waals surface area contributed by atoms with Crippen LogP contribution in [0.15, 0.2) is 24.3 Å². The van der Waals surface area contributed by atoms with E-state index in [1.54, 1.807) is 14.2 Å². The molecule has 0 radical (unpaired) electrons. The summed E-state index contributed by atoms with van der Waals surface area (Å²) in [6, 6.07) is 8.02. The molecule has 0 aliphatic rings. The minimum absolute atomic E-state index is 0.0108. The summed E-state index contributed by atoms with van der Waals surface area (Å²) in [4.78, 5) is 11.4. The van der Waals surface area contributed by atoms with Crippen LogP contribution in [0.25, 0.3) is 0 Å². The second-order valence-corrected chi connectivity index (χ2v) is 4.38. The van der Waals surface area contributed by atoms with Gasteiger partial charge in [-0.05, 0) is 25.5 Å². The molecular weight excluding hydrogens is 228 g/mol. The molecule has 18 heavy (non-hydrogen) atoms. The molecule has 4 heteroatoms. The summed E-state index contributed by atoms with van der Waals surface area (Å²) in [6.07, 6.45) is 0.492. The summed E-state index contributed by atoms with van der Waals surface area (Å²) in [7, 11) is 3.34. The van der Waals surface area contributed by atoms with Crippen molar-refractivity contribution in [3.8, 4) is 0 Å². The van der Waals surface area contributed by atoms with Crippen molar-refractivity contribution in [3.63, 3.8) is 0 Å². The maximum Gasteiger partial charge on any atom is 0.224 e. The van der Waals surface area contributed by atoms with Gasteiger partial charge in [-0.15, -0.1) is 0 Å². The monoisotopic (exact) mass is 250 g/mol. The zero-order valence-corrected chi connectivity index (χ0v) is 11.5. The van der Waals surface area contributed by atoms with E-state index in [2.05, 4.69) is 17.6 Å². The lowest BCUT2D eigenvalue weighted by Gasteiger charge is -2.22. The molecule has 0 aliphatic carbocycles. The van der Waals surface area contributed by atoms with Gasteiger partial charge < -0.3 is 15.4 Å². The number of nitrogens with one attached hydrogen (secondary N) is 2. The zero-order valence-electron chi connectivity index (χ0n) is 11.5. The fourth-order valence-corrected chi connectivity index (χ4v) is 1.64. The van der Waals surface area contributed by atoms with Crippen molar-refractivity contribution in [2.75, 3.05) is 19.5 Å². The van der Waals surface area contributed by atoms with Crippen LogP contribution in [0.2, 0.25) is 0 Å². The number of amides is 1. The highest BCUT2D eigenvalue weighted by molar-refractivity contribution is 5.80. The van der Waals surface area contributed by atoms with Crippen LogP contribution >= 0.6 is 0 Å². The Labute approximate surface area is 109 Å². The average Bonchev–Trinajstić information content (AvgIpc) is 2.39. The Morgan fingerprint density at radius 2 is 2.00 bits per heavy atom. The summed E-state index contributed by atoms with van der Waals surface area (Å²) in [5.41, 5.74) is 1.98. The Hall–Kier alpha value is -1.55. The van der Waals surface area contributed by atoms with Crippen LogP contribution in [0, 0.1) is 0 Å². The maximum absolute atomic E-state index is 11.4. The highest BCUT2D eigenvalue weighted by atomic mass is 16.5. The summed E-state index contributed by atoms with van der Waals surface area (Å²) in [5.74, 6) is 0.0108. The highest BCUT2D eigenvalue weighted by Gasteiger charge is 2.13. The van der Waals surface area contributed by atoms with Crippen molar-refractivity contribution in [1.82, 2.24) is 5.32 Å². The lowest BCUT2D eigenvalue weighted by atomic mass is 10.1. The van der Waals surface area contributed by atoms with Gasteiger partial charge in [0, 0.05) is 25.9 Å². The molecule has 1 aromatic carbocycles. The molecule has 0 fully saturated rings. The van der Waals surface area contributed by atoms with Crippen LogP contribution in [-0.4, -0.2) is 32.2 Å². The lowest BCUT2D eigenvalue weighted by molar-refractivity contribution is -0.119. The molecule has 2 atom stereocenters. The molecule has 0 saturated heterocycles. The minimum atomic E-state index is 0.0108. The minimum Gasteiger partial charge on any atom is -0.380 e. The van der Waals surface area contributed by atoms with Crippen molar-refractivity contribution >= 4 is 11.6 Å². The van der Waals surface area contributed by atoms with Gasteiger partial charge in [-0.1, -0.05) is 18.2 Å². The van der Waals surface area contributed by atoms with Crippen molar-refractivity contribution in [2.24, 2.45) is 0 Å². The van der Waals surface area contributed by atoms with Gasteiger partial charge in [0.2, 0.25) is 5.91 Å².